The number of carbonyl (C=O) groups excluding carboxylic acids is 1. The Morgan fingerprint density at radius 1 is 1.20 bits per heavy atom. The lowest BCUT2D eigenvalue weighted by molar-refractivity contribution is 0.0845. The highest BCUT2D eigenvalue weighted by Crippen LogP contribution is 2.23. The van der Waals surface area contributed by atoms with Crippen LogP contribution >= 0.6 is 0 Å². The summed E-state index contributed by atoms with van der Waals surface area (Å²) in [5, 5.41) is 0. The third-order valence-electron chi connectivity index (χ3n) is 2.39. The van der Waals surface area contributed by atoms with Crippen LogP contribution in [0.1, 0.15) is 21.5 Å². The Bertz CT molecular complexity index is 369. The molecule has 0 N–H and O–H groups in total. The van der Waals surface area contributed by atoms with E-state index in [0.717, 1.165) is 11.1 Å². The minimum Gasteiger partial charge on any atom is -0.496 e. The fourth-order valence-corrected chi connectivity index (χ4v) is 1.39. The smallest absolute Gasteiger partial charge is 0.192 e. The monoisotopic (exact) mass is 208 g/mol. The lowest BCUT2D eigenvalue weighted by Gasteiger charge is -2.10. The summed E-state index contributed by atoms with van der Waals surface area (Å²) < 4.78 is 9.99. The van der Waals surface area contributed by atoms with Crippen molar-refractivity contribution in [3.8, 4) is 5.75 Å². The lowest BCUT2D eigenvalue weighted by atomic mass is 10.0. The highest BCUT2D eigenvalue weighted by Gasteiger charge is 2.13. The SMILES string of the molecule is COCC(=O)c1cc(C)c(C)cc1OC. The van der Waals surface area contributed by atoms with Crippen LogP contribution in [0.5, 0.6) is 5.75 Å². The molecule has 1 aromatic rings. The molecule has 0 amide bonds. The largest absolute Gasteiger partial charge is 0.496 e. The van der Waals surface area contributed by atoms with E-state index in [1.807, 2.05) is 26.0 Å². The molecule has 0 aromatic heterocycles. The van der Waals surface area contributed by atoms with Gasteiger partial charge in [-0.05, 0) is 37.1 Å². The van der Waals surface area contributed by atoms with Crippen LogP contribution < -0.4 is 4.74 Å². The van der Waals surface area contributed by atoms with Gasteiger partial charge in [0.25, 0.3) is 0 Å². The summed E-state index contributed by atoms with van der Waals surface area (Å²) in [4.78, 5) is 11.7. The molecule has 0 fully saturated rings. The van der Waals surface area contributed by atoms with Gasteiger partial charge in [-0.1, -0.05) is 0 Å². The normalized spacial score (nSPS) is 10.1. The highest BCUT2D eigenvalue weighted by atomic mass is 16.5. The molecule has 0 atom stereocenters. The highest BCUT2D eigenvalue weighted by molar-refractivity contribution is 5.99. The van der Waals surface area contributed by atoms with Crippen LogP contribution in [0.15, 0.2) is 12.1 Å². The molecule has 15 heavy (non-hydrogen) atoms. The Morgan fingerprint density at radius 2 is 1.80 bits per heavy atom. The molecule has 0 spiro atoms. The number of hydrogen-bond donors (Lipinski definition) is 0. The molecule has 3 heteroatoms. The van der Waals surface area contributed by atoms with Gasteiger partial charge in [0.05, 0.1) is 12.7 Å². The molecular formula is C12H16O3. The number of Topliss-reactive ketones (excluding diaryl/α,β-unsaturated/α-hetero) is 1. The molecule has 0 heterocycles. The molecule has 1 rings (SSSR count). The minimum atomic E-state index is -0.0579. The standard InChI is InChI=1S/C12H16O3/c1-8-5-10(11(13)7-14-3)12(15-4)6-9(8)2/h5-6H,7H2,1-4H3. The quantitative estimate of drug-likeness (QED) is 0.711. The summed E-state index contributed by atoms with van der Waals surface area (Å²) in [5.41, 5.74) is 2.78. The van der Waals surface area contributed by atoms with Crippen molar-refractivity contribution in [1.29, 1.82) is 0 Å². The summed E-state index contributed by atoms with van der Waals surface area (Å²) in [7, 11) is 3.07. The summed E-state index contributed by atoms with van der Waals surface area (Å²) in [5.74, 6) is 0.553. The second kappa shape index (κ2) is 4.94. The molecule has 0 saturated carbocycles. The van der Waals surface area contributed by atoms with Crippen molar-refractivity contribution in [3.63, 3.8) is 0 Å². The number of rotatable bonds is 4. The predicted molar refractivity (Wildman–Crippen MR) is 58.7 cm³/mol. The van der Waals surface area contributed by atoms with Crippen LogP contribution in [-0.2, 0) is 4.74 Å². The summed E-state index contributed by atoms with van der Waals surface area (Å²) in [6.45, 7) is 4.04. The van der Waals surface area contributed by atoms with Gasteiger partial charge in [-0.15, -0.1) is 0 Å². The van der Waals surface area contributed by atoms with E-state index in [2.05, 4.69) is 0 Å². The van der Waals surface area contributed by atoms with Crippen LogP contribution in [0.3, 0.4) is 0 Å². The zero-order chi connectivity index (χ0) is 11.4. The fourth-order valence-electron chi connectivity index (χ4n) is 1.39. The van der Waals surface area contributed by atoms with E-state index in [1.54, 1.807) is 7.11 Å². The summed E-state index contributed by atoms with van der Waals surface area (Å²) in [6.07, 6.45) is 0. The molecule has 82 valence electrons. The first-order valence-electron chi connectivity index (χ1n) is 4.77. The molecule has 0 radical (unpaired) electrons. The van der Waals surface area contributed by atoms with Crippen molar-refractivity contribution in [2.45, 2.75) is 13.8 Å². The third kappa shape index (κ3) is 2.57. The molecule has 3 nitrogen and oxygen atoms in total. The molecular weight excluding hydrogens is 192 g/mol. The van der Waals surface area contributed by atoms with Crippen molar-refractivity contribution in [2.24, 2.45) is 0 Å². The van der Waals surface area contributed by atoms with Crippen LogP contribution in [0.2, 0.25) is 0 Å². The van der Waals surface area contributed by atoms with Gasteiger partial charge in [-0.3, -0.25) is 4.79 Å². The van der Waals surface area contributed by atoms with E-state index in [0.29, 0.717) is 11.3 Å². The third-order valence-corrected chi connectivity index (χ3v) is 2.39. The Kier molecular flexibility index (Phi) is 3.86. The Morgan fingerprint density at radius 3 is 2.33 bits per heavy atom. The van der Waals surface area contributed by atoms with Crippen molar-refractivity contribution in [3.05, 3.63) is 28.8 Å². The molecule has 0 unspecified atom stereocenters. The van der Waals surface area contributed by atoms with Gasteiger partial charge >= 0.3 is 0 Å². The molecule has 0 aliphatic rings. The van der Waals surface area contributed by atoms with E-state index in [-0.39, 0.29) is 12.4 Å². The first-order chi connectivity index (χ1) is 7.10. The predicted octanol–water partition coefficient (Wildman–Crippen LogP) is 2.14. The first-order valence-corrected chi connectivity index (χ1v) is 4.77. The van der Waals surface area contributed by atoms with E-state index >= 15 is 0 Å². The van der Waals surface area contributed by atoms with Crippen LogP contribution in [0.25, 0.3) is 0 Å². The van der Waals surface area contributed by atoms with Crippen molar-refractivity contribution >= 4 is 5.78 Å². The van der Waals surface area contributed by atoms with E-state index in [9.17, 15) is 4.79 Å². The maximum Gasteiger partial charge on any atom is 0.192 e. The van der Waals surface area contributed by atoms with E-state index in [4.69, 9.17) is 9.47 Å². The van der Waals surface area contributed by atoms with Crippen LogP contribution in [0, 0.1) is 13.8 Å². The van der Waals surface area contributed by atoms with Gasteiger partial charge in [0.1, 0.15) is 12.4 Å². The molecule has 0 aliphatic carbocycles. The van der Waals surface area contributed by atoms with Gasteiger partial charge in [0, 0.05) is 7.11 Å². The van der Waals surface area contributed by atoms with Crippen molar-refractivity contribution in [1.82, 2.24) is 0 Å². The van der Waals surface area contributed by atoms with Gasteiger partial charge < -0.3 is 9.47 Å². The zero-order valence-electron chi connectivity index (χ0n) is 9.59. The second-order valence-corrected chi connectivity index (χ2v) is 3.49. The molecule has 0 aliphatic heterocycles. The maximum absolute atomic E-state index is 11.7. The topological polar surface area (TPSA) is 35.5 Å². The van der Waals surface area contributed by atoms with Gasteiger partial charge in [0.2, 0.25) is 0 Å². The molecule has 0 bridgehead atoms. The summed E-state index contributed by atoms with van der Waals surface area (Å²) >= 11 is 0. The van der Waals surface area contributed by atoms with Crippen LogP contribution in [0.4, 0.5) is 0 Å². The Hall–Kier alpha value is -1.35. The lowest BCUT2D eigenvalue weighted by Crippen LogP contribution is -2.09. The average Bonchev–Trinajstić information content (AvgIpc) is 2.21. The minimum absolute atomic E-state index is 0.0579. The summed E-state index contributed by atoms with van der Waals surface area (Å²) in [6, 6.07) is 3.72. The molecule has 0 saturated heterocycles. The molecule has 1 aromatic carbocycles. The maximum atomic E-state index is 11.7. The van der Waals surface area contributed by atoms with Crippen LogP contribution in [-0.4, -0.2) is 26.6 Å². The Labute approximate surface area is 90.0 Å². The number of ketones is 1. The number of carbonyl (C=O) groups is 1. The number of hydrogen-bond acceptors (Lipinski definition) is 3. The Balaban J connectivity index is 3.15. The fraction of sp³-hybridized carbons (Fsp3) is 0.417. The number of benzene rings is 1. The van der Waals surface area contributed by atoms with Gasteiger partial charge in [0.15, 0.2) is 5.78 Å². The number of methoxy groups -OCH3 is 2. The van der Waals surface area contributed by atoms with E-state index in [1.165, 1.54) is 7.11 Å². The first kappa shape index (κ1) is 11.7. The average molecular weight is 208 g/mol. The number of ether oxygens (including phenoxy) is 2. The van der Waals surface area contributed by atoms with Gasteiger partial charge in [-0.2, -0.15) is 0 Å². The van der Waals surface area contributed by atoms with Crippen molar-refractivity contribution in [2.75, 3.05) is 20.8 Å². The second-order valence-electron chi connectivity index (χ2n) is 3.49. The van der Waals surface area contributed by atoms with Gasteiger partial charge in [-0.25, -0.2) is 0 Å². The van der Waals surface area contributed by atoms with Crippen molar-refractivity contribution < 1.29 is 14.3 Å². The van der Waals surface area contributed by atoms with E-state index < -0.39 is 0 Å². The number of aryl methyl sites for hydroxylation is 2. The zero-order valence-corrected chi connectivity index (χ0v) is 9.59.